The van der Waals surface area contributed by atoms with Gasteiger partial charge in [-0.05, 0) is 22.0 Å². The van der Waals surface area contributed by atoms with Crippen molar-refractivity contribution in [1.82, 2.24) is 20.6 Å². The first kappa shape index (κ1) is 11.0. The predicted molar refractivity (Wildman–Crippen MR) is 63.5 cm³/mol. The van der Waals surface area contributed by atoms with Gasteiger partial charge in [-0.1, -0.05) is 0 Å². The van der Waals surface area contributed by atoms with Gasteiger partial charge in [0.1, 0.15) is 6.33 Å². The molecule has 2 N–H and O–H groups in total. The van der Waals surface area contributed by atoms with Gasteiger partial charge in [0.05, 0.1) is 6.21 Å². The number of carbonyl (C=O) groups is 1. The smallest absolute Gasteiger partial charge is 0.264 e. The zero-order valence-corrected chi connectivity index (χ0v) is 10.2. The molecule has 0 aliphatic heterocycles. The second kappa shape index (κ2) is 4.99. The first-order valence-corrected chi connectivity index (χ1v) is 5.86. The maximum absolute atomic E-state index is 11.3. The van der Waals surface area contributed by atoms with Crippen molar-refractivity contribution in [3.8, 4) is 0 Å². The van der Waals surface area contributed by atoms with E-state index in [1.54, 1.807) is 6.21 Å². The van der Waals surface area contributed by atoms with Crippen molar-refractivity contribution in [1.29, 1.82) is 0 Å². The zero-order valence-electron chi connectivity index (χ0n) is 7.85. The van der Waals surface area contributed by atoms with E-state index in [0.29, 0.717) is 0 Å². The van der Waals surface area contributed by atoms with E-state index in [4.69, 9.17) is 0 Å². The number of aromatic nitrogens is 3. The summed E-state index contributed by atoms with van der Waals surface area (Å²) in [6, 6.07) is 1.90. The predicted octanol–water partition coefficient (Wildman–Crippen LogP) is 1.39. The summed E-state index contributed by atoms with van der Waals surface area (Å²) in [5.41, 5.74) is 2.33. The van der Waals surface area contributed by atoms with Crippen LogP contribution in [0.25, 0.3) is 0 Å². The Kier molecular flexibility index (Phi) is 3.42. The molecule has 6 nitrogen and oxygen atoms in total. The van der Waals surface area contributed by atoms with Gasteiger partial charge in [0.15, 0.2) is 0 Å². The molecule has 0 spiro atoms. The van der Waals surface area contributed by atoms with Crippen LogP contribution < -0.4 is 5.43 Å². The van der Waals surface area contributed by atoms with Crippen molar-refractivity contribution in [3.63, 3.8) is 0 Å². The summed E-state index contributed by atoms with van der Waals surface area (Å²) in [7, 11) is 0. The summed E-state index contributed by atoms with van der Waals surface area (Å²) < 4.78 is 0.987. The molecule has 2 heterocycles. The summed E-state index contributed by atoms with van der Waals surface area (Å²) in [6.45, 7) is 0. The molecular formula is C8H6BrN5OS. The van der Waals surface area contributed by atoms with Crippen LogP contribution >= 0.6 is 27.3 Å². The third-order valence-electron chi connectivity index (χ3n) is 1.58. The Labute approximate surface area is 103 Å². The topological polar surface area (TPSA) is 83.0 Å². The van der Waals surface area contributed by atoms with Crippen LogP contribution in [0.4, 0.5) is 0 Å². The van der Waals surface area contributed by atoms with E-state index in [2.05, 4.69) is 41.6 Å². The summed E-state index contributed by atoms with van der Waals surface area (Å²) in [6.07, 6.45) is 2.82. The van der Waals surface area contributed by atoms with Gasteiger partial charge in [0.2, 0.25) is 5.82 Å². The molecule has 16 heavy (non-hydrogen) atoms. The molecule has 0 fully saturated rings. The Hall–Kier alpha value is -1.54. The maximum atomic E-state index is 11.3. The number of hydrogen-bond acceptors (Lipinski definition) is 5. The molecule has 0 saturated carbocycles. The molecule has 82 valence electrons. The molecule has 2 aromatic rings. The molecule has 0 radical (unpaired) electrons. The van der Waals surface area contributed by atoms with Gasteiger partial charge >= 0.3 is 5.91 Å². The number of amides is 1. The van der Waals surface area contributed by atoms with Gasteiger partial charge in [-0.2, -0.15) is 10.2 Å². The van der Waals surface area contributed by atoms with Crippen LogP contribution in [-0.2, 0) is 0 Å². The third-order valence-corrected chi connectivity index (χ3v) is 3.20. The van der Waals surface area contributed by atoms with Crippen molar-refractivity contribution in [2.75, 3.05) is 0 Å². The van der Waals surface area contributed by atoms with Gasteiger partial charge in [-0.15, -0.1) is 11.3 Å². The fraction of sp³-hybridized carbons (Fsp3) is 0. The molecule has 2 aromatic heterocycles. The van der Waals surface area contributed by atoms with Gasteiger partial charge in [0, 0.05) is 14.7 Å². The molecule has 0 unspecified atom stereocenters. The average Bonchev–Trinajstić information content (AvgIpc) is 2.89. The summed E-state index contributed by atoms with van der Waals surface area (Å²) in [4.78, 5) is 16.0. The quantitative estimate of drug-likeness (QED) is 0.664. The van der Waals surface area contributed by atoms with E-state index < -0.39 is 5.91 Å². The Morgan fingerprint density at radius 2 is 2.56 bits per heavy atom. The Bertz CT molecular complexity index is 506. The maximum Gasteiger partial charge on any atom is 0.308 e. The molecule has 2 rings (SSSR count). The minimum atomic E-state index is -0.427. The number of halogens is 1. The molecule has 0 aliphatic carbocycles. The van der Waals surface area contributed by atoms with E-state index in [1.807, 2.05) is 11.4 Å². The number of nitrogens with zero attached hydrogens (tertiary/aromatic N) is 3. The van der Waals surface area contributed by atoms with Crippen molar-refractivity contribution in [2.45, 2.75) is 0 Å². The van der Waals surface area contributed by atoms with Crippen LogP contribution in [0.3, 0.4) is 0 Å². The zero-order chi connectivity index (χ0) is 11.4. The molecule has 0 aliphatic rings. The lowest BCUT2D eigenvalue weighted by atomic mass is 10.5. The first-order valence-electron chi connectivity index (χ1n) is 4.18. The lowest BCUT2D eigenvalue weighted by Gasteiger charge is -1.92. The first-order chi connectivity index (χ1) is 7.75. The van der Waals surface area contributed by atoms with Crippen LogP contribution in [0.15, 0.2) is 27.3 Å². The highest BCUT2D eigenvalue weighted by Crippen LogP contribution is 2.17. The summed E-state index contributed by atoms with van der Waals surface area (Å²) in [5, 5.41) is 11.7. The standard InChI is InChI=1S/C8H6BrN5OS/c9-5-1-6(16-3-5)2-11-14-8(15)7-10-4-12-13-7/h1-4H,(H,14,15)(H,10,12,13)/b11-2+. The van der Waals surface area contributed by atoms with Crippen LogP contribution in [0.1, 0.15) is 15.5 Å². The number of hydrazone groups is 1. The number of nitrogens with one attached hydrogen (secondary N) is 2. The summed E-state index contributed by atoms with van der Waals surface area (Å²) >= 11 is 4.84. The van der Waals surface area contributed by atoms with E-state index in [-0.39, 0.29) is 5.82 Å². The average molecular weight is 300 g/mol. The molecule has 0 bridgehead atoms. The number of aromatic amines is 1. The highest BCUT2D eigenvalue weighted by atomic mass is 79.9. The van der Waals surface area contributed by atoms with Gasteiger partial charge in [0.25, 0.3) is 0 Å². The van der Waals surface area contributed by atoms with E-state index in [9.17, 15) is 4.79 Å². The summed E-state index contributed by atoms with van der Waals surface area (Å²) in [5.74, 6) is -0.297. The normalized spacial score (nSPS) is 10.8. The minimum absolute atomic E-state index is 0.129. The monoisotopic (exact) mass is 299 g/mol. The second-order valence-electron chi connectivity index (χ2n) is 2.70. The third kappa shape index (κ3) is 2.74. The number of carbonyl (C=O) groups excluding carboxylic acids is 1. The number of thiophene rings is 1. The SMILES string of the molecule is O=C(N/N=C/c1cc(Br)cs1)c1ncn[nH]1. The molecule has 0 saturated heterocycles. The minimum Gasteiger partial charge on any atom is -0.264 e. The fourth-order valence-electron chi connectivity index (χ4n) is 0.918. The van der Waals surface area contributed by atoms with Crippen LogP contribution in [0.2, 0.25) is 0 Å². The number of H-pyrrole nitrogens is 1. The lowest BCUT2D eigenvalue weighted by molar-refractivity contribution is 0.0945. The van der Waals surface area contributed by atoms with Crippen molar-refractivity contribution in [3.05, 3.63) is 32.9 Å². The van der Waals surface area contributed by atoms with E-state index >= 15 is 0 Å². The highest BCUT2D eigenvalue weighted by Gasteiger charge is 2.05. The Morgan fingerprint density at radius 1 is 1.69 bits per heavy atom. The van der Waals surface area contributed by atoms with E-state index in [1.165, 1.54) is 17.7 Å². The largest absolute Gasteiger partial charge is 0.308 e. The number of rotatable bonds is 3. The number of hydrogen-bond donors (Lipinski definition) is 2. The van der Waals surface area contributed by atoms with Gasteiger partial charge < -0.3 is 0 Å². The fourth-order valence-corrected chi connectivity index (χ4v) is 2.22. The molecule has 0 atom stereocenters. The Balaban J connectivity index is 1.93. The molecule has 0 aromatic carbocycles. The Morgan fingerprint density at radius 3 is 3.19 bits per heavy atom. The van der Waals surface area contributed by atoms with Crippen LogP contribution in [0.5, 0.6) is 0 Å². The van der Waals surface area contributed by atoms with Gasteiger partial charge in [-0.3, -0.25) is 9.89 Å². The molecule has 8 heteroatoms. The van der Waals surface area contributed by atoms with Gasteiger partial charge in [-0.25, -0.2) is 10.4 Å². The molecular weight excluding hydrogens is 294 g/mol. The van der Waals surface area contributed by atoms with Crippen molar-refractivity contribution in [2.24, 2.45) is 5.10 Å². The van der Waals surface area contributed by atoms with Crippen molar-refractivity contribution < 1.29 is 4.79 Å². The van der Waals surface area contributed by atoms with Crippen LogP contribution in [0, 0.1) is 0 Å². The van der Waals surface area contributed by atoms with Crippen molar-refractivity contribution >= 4 is 39.4 Å². The highest BCUT2D eigenvalue weighted by molar-refractivity contribution is 9.10. The second-order valence-corrected chi connectivity index (χ2v) is 4.56. The molecule has 1 amide bonds. The lowest BCUT2D eigenvalue weighted by Crippen LogP contribution is -2.19. The van der Waals surface area contributed by atoms with Crippen LogP contribution in [-0.4, -0.2) is 27.3 Å². The van der Waals surface area contributed by atoms with E-state index in [0.717, 1.165) is 9.35 Å².